The minimum Gasteiger partial charge on any atom is -0.355 e. The maximum atomic E-state index is 11.9. The third-order valence-corrected chi connectivity index (χ3v) is 24.3. The second kappa shape index (κ2) is 33.7. The number of aromatic amines is 1. The third kappa shape index (κ3) is 14.7. The van der Waals surface area contributed by atoms with Gasteiger partial charge in [0.1, 0.15) is 0 Å². The van der Waals surface area contributed by atoms with Crippen LogP contribution >= 0.6 is 0 Å². The van der Waals surface area contributed by atoms with Crippen LogP contribution in [-0.4, -0.2) is 14.1 Å². The number of benzene rings is 20. The molecule has 1 N–H and O–H groups in total. The summed E-state index contributed by atoms with van der Waals surface area (Å²) in [5.41, 5.74) is 38.1. The minimum atomic E-state index is -0.799. The Balaban J connectivity index is 0.000000174. The molecule has 23 rings (SSSR count). The van der Waals surface area contributed by atoms with E-state index in [9.17, 15) is 8.78 Å². The van der Waals surface area contributed by atoms with E-state index in [1.54, 1.807) is 0 Å². The van der Waals surface area contributed by atoms with E-state index < -0.39 is 11.6 Å². The largest absolute Gasteiger partial charge is 0.355 e. The number of para-hydroxylation sites is 2. The van der Waals surface area contributed by atoms with Crippen molar-refractivity contribution in [3.63, 3.8) is 0 Å². The summed E-state index contributed by atoms with van der Waals surface area (Å²) in [5, 5.41) is 7.27. The van der Waals surface area contributed by atoms with Crippen molar-refractivity contribution in [3.8, 4) is 145 Å². The molecule has 0 radical (unpaired) electrons. The molecule has 0 saturated heterocycles. The molecular formula is C120H81F2N3. The van der Waals surface area contributed by atoms with E-state index in [1.165, 1.54) is 178 Å². The molecule has 590 valence electrons. The third-order valence-electron chi connectivity index (χ3n) is 24.3. The molecule has 5 heteroatoms. The number of rotatable bonds is 14. The van der Waals surface area contributed by atoms with Crippen molar-refractivity contribution in [1.82, 2.24) is 14.1 Å². The first-order valence-corrected chi connectivity index (χ1v) is 42.5. The van der Waals surface area contributed by atoms with Gasteiger partial charge in [0.25, 0.3) is 0 Å². The molecule has 23 aromatic rings. The summed E-state index contributed by atoms with van der Waals surface area (Å²) in [4.78, 5) is 3.63. The Labute approximate surface area is 725 Å². The van der Waals surface area contributed by atoms with Gasteiger partial charge in [-0.3, -0.25) is 0 Å². The first kappa shape index (κ1) is 76.1. The highest BCUT2D eigenvalue weighted by atomic mass is 19.2. The van der Waals surface area contributed by atoms with Gasteiger partial charge in [0, 0.05) is 43.4 Å². The Bertz CT molecular complexity index is 7160. The number of nitrogens with one attached hydrogen (secondary N) is 1. The molecule has 0 aliphatic rings. The second-order valence-electron chi connectivity index (χ2n) is 31.6. The van der Waals surface area contributed by atoms with Gasteiger partial charge in [-0.05, 0) is 231 Å². The fraction of sp³-hybridized carbons (Fsp3) is 0. The summed E-state index contributed by atoms with van der Waals surface area (Å²) in [6.07, 6.45) is 0. The van der Waals surface area contributed by atoms with Crippen LogP contribution in [0.1, 0.15) is 0 Å². The molecule has 0 bridgehead atoms. The molecule has 0 amide bonds. The molecule has 3 aromatic heterocycles. The Kier molecular flexibility index (Phi) is 20.5. The predicted molar refractivity (Wildman–Crippen MR) is 523 cm³/mol. The lowest BCUT2D eigenvalue weighted by Gasteiger charge is -2.17. The number of hydrogen-bond donors (Lipinski definition) is 1. The predicted octanol–water partition coefficient (Wildman–Crippen LogP) is 33.2. The van der Waals surface area contributed by atoms with Gasteiger partial charge in [-0.1, -0.05) is 388 Å². The topological polar surface area (TPSA) is 25.6 Å². The van der Waals surface area contributed by atoms with Gasteiger partial charge in [0.2, 0.25) is 0 Å². The van der Waals surface area contributed by atoms with Crippen LogP contribution in [0.25, 0.3) is 210 Å². The van der Waals surface area contributed by atoms with Crippen molar-refractivity contribution in [3.05, 3.63) is 497 Å². The Morgan fingerprint density at radius 3 is 0.520 bits per heavy atom. The normalized spacial score (nSPS) is 11.3. The van der Waals surface area contributed by atoms with Crippen molar-refractivity contribution >= 4 is 65.4 Å². The smallest absolute Gasteiger partial charge is 0.158 e. The van der Waals surface area contributed by atoms with Crippen LogP contribution in [-0.2, 0) is 0 Å². The maximum absolute atomic E-state index is 11.9. The Morgan fingerprint density at radius 2 is 0.312 bits per heavy atom. The van der Waals surface area contributed by atoms with Gasteiger partial charge in [0.05, 0.1) is 33.4 Å². The van der Waals surface area contributed by atoms with E-state index in [2.05, 4.69) is 475 Å². The number of fused-ring (bicyclic) bond motifs is 9. The SMILES string of the molecule is Fc1ccccc1F.c1ccc(-c2ccccc2-c2ccc3[nH]c4ccc(-c5ccccc5-c5ccccc5)cc4c3c2)cc1.c1ccc(-c2ccccc2-c2ccc3c(c2)c2cc(-c4ccccc4-c4ccccc4)ccc2n3-c2ccccc2-n2c3ccc(-c4ccccc4-c4ccccc4)cc3c3cc(-c4ccccc4-c4ccccc4)ccc32)cc1. The van der Waals surface area contributed by atoms with E-state index >= 15 is 0 Å². The van der Waals surface area contributed by atoms with Gasteiger partial charge < -0.3 is 14.1 Å². The monoisotopic (exact) mass is 1600 g/mol. The summed E-state index contributed by atoms with van der Waals surface area (Å²) in [6, 6.07) is 173. The van der Waals surface area contributed by atoms with Crippen molar-refractivity contribution in [1.29, 1.82) is 0 Å². The molecule has 0 unspecified atom stereocenters. The summed E-state index contributed by atoms with van der Waals surface area (Å²) < 4.78 is 28.9. The molecule has 125 heavy (non-hydrogen) atoms. The average Bonchev–Trinajstić information content (AvgIpc) is 1.55. The molecule has 0 atom stereocenters. The van der Waals surface area contributed by atoms with Crippen LogP contribution in [0.4, 0.5) is 8.78 Å². The lowest BCUT2D eigenvalue weighted by molar-refractivity contribution is 0.508. The van der Waals surface area contributed by atoms with Gasteiger partial charge in [0.15, 0.2) is 11.6 Å². The summed E-state index contributed by atoms with van der Waals surface area (Å²) in [6.45, 7) is 0. The van der Waals surface area contributed by atoms with E-state index in [0.29, 0.717) is 0 Å². The molecule has 0 saturated carbocycles. The zero-order chi connectivity index (χ0) is 83.5. The highest BCUT2D eigenvalue weighted by Gasteiger charge is 2.24. The maximum Gasteiger partial charge on any atom is 0.158 e. The Morgan fingerprint density at radius 1 is 0.144 bits per heavy atom. The van der Waals surface area contributed by atoms with Crippen LogP contribution in [0.3, 0.4) is 0 Å². The van der Waals surface area contributed by atoms with Gasteiger partial charge in [-0.15, -0.1) is 0 Å². The van der Waals surface area contributed by atoms with Gasteiger partial charge >= 0.3 is 0 Å². The van der Waals surface area contributed by atoms with E-state index in [0.717, 1.165) is 56.6 Å². The molecule has 3 nitrogen and oxygen atoms in total. The van der Waals surface area contributed by atoms with E-state index in [-0.39, 0.29) is 0 Å². The number of hydrogen-bond acceptors (Lipinski definition) is 0. The number of halogens is 2. The molecule has 0 aliphatic carbocycles. The van der Waals surface area contributed by atoms with Crippen molar-refractivity contribution in [2.24, 2.45) is 0 Å². The standard InChI is InChI=1S/C78H52N2.C36H25N.C6H4F2/c1-5-23-53(24-6-1)61-31-13-17-35-65(61)57-41-45-73-69(49-57)70-50-58(66-36-18-14-32-62(66)54-25-7-2-8-26-54)42-46-74(70)79(73)77-39-21-22-40-78(77)80-75-47-43-59(67-37-19-15-33-63(67)55-27-9-3-10-28-55)51-71(75)72-52-60(44-48-76(72)80)68-38-20-16-34-64(68)56-29-11-4-12-30-56;1-3-11-25(12-4-1)29-15-7-9-17-31(29)27-19-21-35-33(23-27)34-24-28(20-22-36(34)37-35)32-18-10-8-16-30(32)26-13-5-2-6-14-26;7-5-3-1-2-4-6(5)8/h1-52H;1-24,37H;1-4H. The zero-order valence-corrected chi connectivity index (χ0v) is 68.3. The fourth-order valence-electron chi connectivity index (χ4n) is 18.4. The van der Waals surface area contributed by atoms with Crippen molar-refractivity contribution in [2.45, 2.75) is 0 Å². The van der Waals surface area contributed by atoms with Crippen LogP contribution in [0.15, 0.2) is 485 Å². The lowest BCUT2D eigenvalue weighted by atomic mass is 9.92. The fourth-order valence-corrected chi connectivity index (χ4v) is 18.4. The Hall–Kier alpha value is -16.3. The van der Waals surface area contributed by atoms with E-state index in [1.807, 2.05) is 0 Å². The van der Waals surface area contributed by atoms with Crippen molar-refractivity contribution < 1.29 is 8.78 Å². The molecule has 0 fully saturated rings. The quantitative estimate of drug-likeness (QED) is 0.112. The molecule has 0 aliphatic heterocycles. The number of aromatic nitrogens is 3. The molecule has 20 aromatic carbocycles. The number of H-pyrrole nitrogens is 1. The number of nitrogens with zero attached hydrogens (tertiary/aromatic N) is 2. The summed E-state index contributed by atoms with van der Waals surface area (Å²) >= 11 is 0. The molecule has 3 heterocycles. The van der Waals surface area contributed by atoms with Crippen molar-refractivity contribution in [2.75, 3.05) is 0 Å². The molecule has 0 spiro atoms. The zero-order valence-electron chi connectivity index (χ0n) is 68.3. The van der Waals surface area contributed by atoms with Crippen LogP contribution < -0.4 is 0 Å². The molecular weight excluding hydrogens is 1520 g/mol. The van der Waals surface area contributed by atoms with Gasteiger partial charge in [-0.2, -0.15) is 0 Å². The van der Waals surface area contributed by atoms with Crippen LogP contribution in [0.2, 0.25) is 0 Å². The summed E-state index contributed by atoms with van der Waals surface area (Å²) in [5.74, 6) is -1.60. The van der Waals surface area contributed by atoms with Crippen LogP contribution in [0.5, 0.6) is 0 Å². The minimum absolute atomic E-state index is 0.799. The first-order valence-electron chi connectivity index (χ1n) is 42.5. The highest BCUT2D eigenvalue weighted by molar-refractivity contribution is 6.16. The summed E-state index contributed by atoms with van der Waals surface area (Å²) in [7, 11) is 0. The lowest BCUT2D eigenvalue weighted by Crippen LogP contribution is -2.03. The highest BCUT2D eigenvalue weighted by Crippen LogP contribution is 2.47. The van der Waals surface area contributed by atoms with Gasteiger partial charge in [-0.25, -0.2) is 8.78 Å². The second-order valence-corrected chi connectivity index (χ2v) is 31.6. The van der Waals surface area contributed by atoms with E-state index in [4.69, 9.17) is 0 Å². The first-order chi connectivity index (χ1) is 61.9. The average molecular weight is 1600 g/mol. The van der Waals surface area contributed by atoms with Crippen LogP contribution in [0, 0.1) is 11.6 Å².